The lowest BCUT2D eigenvalue weighted by molar-refractivity contribution is 0.0903. The number of benzene rings is 1. The summed E-state index contributed by atoms with van der Waals surface area (Å²) in [7, 11) is 2.14. The molecule has 1 fully saturated rings. The molecule has 1 aliphatic rings. The maximum absolute atomic E-state index is 12.0. The number of hydrogen-bond donors (Lipinski definition) is 1. The lowest BCUT2D eigenvalue weighted by atomic mass is 10.2. The maximum atomic E-state index is 12.0. The molecule has 0 spiro atoms. The molecule has 0 bridgehead atoms. The number of carbonyl (C=O) groups excluding carboxylic acids is 1. The summed E-state index contributed by atoms with van der Waals surface area (Å²) in [6.45, 7) is 7.15. The van der Waals surface area contributed by atoms with Crippen molar-refractivity contribution in [3.8, 4) is 0 Å². The zero-order valence-electron chi connectivity index (χ0n) is 12.1. The van der Waals surface area contributed by atoms with Crippen molar-refractivity contribution in [2.75, 3.05) is 39.8 Å². The van der Waals surface area contributed by atoms with Crippen molar-refractivity contribution in [1.82, 2.24) is 15.1 Å². The highest BCUT2D eigenvalue weighted by Gasteiger charge is 2.19. The maximum Gasteiger partial charge on any atom is 0.251 e. The minimum atomic E-state index is -0.0392. The zero-order chi connectivity index (χ0) is 14.5. The van der Waals surface area contributed by atoms with Gasteiger partial charge in [-0.05, 0) is 38.2 Å². The van der Waals surface area contributed by atoms with Crippen LogP contribution in [0.15, 0.2) is 24.3 Å². The molecule has 1 saturated heterocycles. The highest BCUT2D eigenvalue weighted by atomic mass is 35.5. The average Bonchev–Trinajstić information content (AvgIpc) is 2.46. The molecular formula is C15H22ClN3O. The summed E-state index contributed by atoms with van der Waals surface area (Å²) in [6, 6.07) is 7.33. The fraction of sp³-hybridized carbons (Fsp3) is 0.533. The lowest BCUT2D eigenvalue weighted by Gasteiger charge is -2.36. The van der Waals surface area contributed by atoms with Crippen molar-refractivity contribution in [2.45, 2.75) is 13.0 Å². The van der Waals surface area contributed by atoms with E-state index >= 15 is 0 Å². The van der Waals surface area contributed by atoms with Gasteiger partial charge in [0.1, 0.15) is 0 Å². The van der Waals surface area contributed by atoms with Crippen LogP contribution in [0, 0.1) is 0 Å². The molecule has 5 heteroatoms. The number of carbonyl (C=O) groups is 1. The van der Waals surface area contributed by atoms with Crippen LogP contribution in [-0.2, 0) is 0 Å². The van der Waals surface area contributed by atoms with Gasteiger partial charge in [0.25, 0.3) is 5.91 Å². The molecule has 1 N–H and O–H groups in total. The summed E-state index contributed by atoms with van der Waals surface area (Å²) < 4.78 is 0. The summed E-state index contributed by atoms with van der Waals surface area (Å²) in [4.78, 5) is 16.8. The molecule has 4 nitrogen and oxygen atoms in total. The molecule has 20 heavy (non-hydrogen) atoms. The van der Waals surface area contributed by atoms with Gasteiger partial charge >= 0.3 is 0 Å². The van der Waals surface area contributed by atoms with Crippen LogP contribution < -0.4 is 5.32 Å². The molecule has 2 rings (SSSR count). The Bertz CT molecular complexity index is 441. The number of nitrogens with one attached hydrogen (secondary N) is 1. The Kier molecular flexibility index (Phi) is 5.40. The van der Waals surface area contributed by atoms with Crippen LogP contribution >= 0.6 is 11.6 Å². The first-order chi connectivity index (χ1) is 9.56. The molecular weight excluding hydrogens is 274 g/mol. The van der Waals surface area contributed by atoms with Crippen LogP contribution in [0.1, 0.15) is 17.3 Å². The van der Waals surface area contributed by atoms with Crippen LogP contribution in [-0.4, -0.2) is 61.5 Å². The standard InChI is InChI=1S/C15H22ClN3O/c1-12(19-9-7-18(2)8-10-19)11-17-15(20)13-3-5-14(16)6-4-13/h3-6,12H,7-11H2,1-2H3,(H,17,20)/t12-/m0/s1. The fourth-order valence-corrected chi connectivity index (χ4v) is 2.46. The Hall–Kier alpha value is -1.10. The summed E-state index contributed by atoms with van der Waals surface area (Å²) >= 11 is 5.81. The molecule has 1 amide bonds. The van der Waals surface area contributed by atoms with Gasteiger partial charge in [-0.2, -0.15) is 0 Å². The molecule has 0 radical (unpaired) electrons. The molecule has 110 valence electrons. The van der Waals surface area contributed by atoms with E-state index in [9.17, 15) is 4.79 Å². The first-order valence-electron chi connectivity index (χ1n) is 7.02. The highest BCUT2D eigenvalue weighted by Crippen LogP contribution is 2.09. The Balaban J connectivity index is 1.79. The number of hydrogen-bond acceptors (Lipinski definition) is 3. The van der Waals surface area contributed by atoms with Gasteiger partial charge in [-0.25, -0.2) is 0 Å². The molecule has 0 unspecified atom stereocenters. The average molecular weight is 296 g/mol. The predicted octanol–water partition coefficient (Wildman–Crippen LogP) is 1.71. The van der Waals surface area contributed by atoms with Crippen molar-refractivity contribution >= 4 is 17.5 Å². The highest BCUT2D eigenvalue weighted by molar-refractivity contribution is 6.30. The van der Waals surface area contributed by atoms with E-state index in [2.05, 4.69) is 29.1 Å². The quantitative estimate of drug-likeness (QED) is 0.918. The van der Waals surface area contributed by atoms with Gasteiger partial charge in [0.05, 0.1) is 0 Å². The van der Waals surface area contributed by atoms with Gasteiger partial charge in [0, 0.05) is 49.4 Å². The van der Waals surface area contributed by atoms with Crippen LogP contribution in [0.2, 0.25) is 5.02 Å². The van der Waals surface area contributed by atoms with E-state index in [1.807, 2.05) is 0 Å². The minimum Gasteiger partial charge on any atom is -0.350 e. The molecule has 1 heterocycles. The Morgan fingerprint density at radius 1 is 1.25 bits per heavy atom. The van der Waals surface area contributed by atoms with E-state index in [0.29, 0.717) is 23.2 Å². The van der Waals surface area contributed by atoms with E-state index in [1.54, 1.807) is 24.3 Å². The van der Waals surface area contributed by atoms with Crippen LogP contribution in [0.5, 0.6) is 0 Å². The van der Waals surface area contributed by atoms with Gasteiger partial charge in [0.2, 0.25) is 0 Å². The fourth-order valence-electron chi connectivity index (χ4n) is 2.34. The second-order valence-electron chi connectivity index (χ2n) is 5.41. The van der Waals surface area contributed by atoms with Crippen molar-refractivity contribution < 1.29 is 4.79 Å². The van der Waals surface area contributed by atoms with Crippen molar-refractivity contribution in [1.29, 1.82) is 0 Å². The first-order valence-corrected chi connectivity index (χ1v) is 7.40. The van der Waals surface area contributed by atoms with Crippen LogP contribution in [0.25, 0.3) is 0 Å². The van der Waals surface area contributed by atoms with Crippen LogP contribution in [0.4, 0.5) is 0 Å². The number of likely N-dealkylation sites (N-methyl/N-ethyl adjacent to an activating group) is 1. The number of nitrogens with zero attached hydrogens (tertiary/aromatic N) is 2. The zero-order valence-corrected chi connectivity index (χ0v) is 12.9. The van der Waals surface area contributed by atoms with E-state index in [0.717, 1.165) is 26.2 Å². The number of amides is 1. The van der Waals surface area contributed by atoms with Crippen molar-refractivity contribution in [3.63, 3.8) is 0 Å². The first kappa shape index (κ1) is 15.3. The second kappa shape index (κ2) is 7.07. The van der Waals surface area contributed by atoms with Crippen molar-refractivity contribution in [2.24, 2.45) is 0 Å². The largest absolute Gasteiger partial charge is 0.350 e. The SMILES string of the molecule is C[C@@H](CNC(=O)c1ccc(Cl)cc1)N1CCN(C)CC1. The molecule has 1 aliphatic heterocycles. The third kappa shape index (κ3) is 4.20. The lowest BCUT2D eigenvalue weighted by Crippen LogP contribution is -2.51. The predicted molar refractivity (Wildman–Crippen MR) is 82.3 cm³/mol. The van der Waals surface area contributed by atoms with Crippen molar-refractivity contribution in [3.05, 3.63) is 34.9 Å². The minimum absolute atomic E-state index is 0.0392. The second-order valence-corrected chi connectivity index (χ2v) is 5.84. The van der Waals surface area contributed by atoms with Gasteiger partial charge in [0.15, 0.2) is 0 Å². The topological polar surface area (TPSA) is 35.6 Å². The Morgan fingerprint density at radius 2 is 1.85 bits per heavy atom. The third-order valence-corrected chi connectivity index (χ3v) is 4.08. The van der Waals surface area contributed by atoms with Crippen LogP contribution in [0.3, 0.4) is 0 Å². The summed E-state index contributed by atoms with van der Waals surface area (Å²) in [5.74, 6) is -0.0392. The molecule has 1 atom stereocenters. The molecule has 0 aliphatic carbocycles. The number of rotatable bonds is 4. The Morgan fingerprint density at radius 3 is 2.45 bits per heavy atom. The summed E-state index contributed by atoms with van der Waals surface area (Å²) in [6.07, 6.45) is 0. The van der Waals surface area contributed by atoms with E-state index in [1.165, 1.54) is 0 Å². The third-order valence-electron chi connectivity index (χ3n) is 3.83. The number of halogens is 1. The smallest absolute Gasteiger partial charge is 0.251 e. The van der Waals surface area contributed by atoms with Gasteiger partial charge in [-0.15, -0.1) is 0 Å². The molecule has 1 aromatic rings. The normalized spacial score (nSPS) is 18.8. The summed E-state index contributed by atoms with van der Waals surface area (Å²) in [5.41, 5.74) is 0.653. The monoisotopic (exact) mass is 295 g/mol. The molecule has 0 saturated carbocycles. The summed E-state index contributed by atoms with van der Waals surface area (Å²) in [5, 5.41) is 3.64. The Labute approximate surface area is 125 Å². The van der Waals surface area contributed by atoms with E-state index in [-0.39, 0.29) is 5.91 Å². The molecule has 1 aromatic carbocycles. The van der Waals surface area contributed by atoms with E-state index in [4.69, 9.17) is 11.6 Å². The van der Waals surface area contributed by atoms with Gasteiger partial charge in [-0.1, -0.05) is 11.6 Å². The number of piperazine rings is 1. The van der Waals surface area contributed by atoms with Gasteiger partial charge in [-0.3, -0.25) is 9.69 Å². The van der Waals surface area contributed by atoms with E-state index < -0.39 is 0 Å². The van der Waals surface area contributed by atoms with Gasteiger partial charge < -0.3 is 10.2 Å². The molecule has 0 aromatic heterocycles.